The predicted molar refractivity (Wildman–Crippen MR) is 109 cm³/mol. The summed E-state index contributed by atoms with van der Waals surface area (Å²) >= 11 is 0. The van der Waals surface area contributed by atoms with Gasteiger partial charge in [-0.15, -0.1) is 0 Å². The molecule has 1 N–H and O–H groups in total. The van der Waals surface area contributed by atoms with Gasteiger partial charge in [0.25, 0.3) is 0 Å². The highest BCUT2D eigenvalue weighted by Crippen LogP contribution is 2.50. The summed E-state index contributed by atoms with van der Waals surface area (Å²) < 4.78 is 10.9. The first-order chi connectivity index (χ1) is 13.7. The summed E-state index contributed by atoms with van der Waals surface area (Å²) in [6.45, 7) is 3.78. The van der Waals surface area contributed by atoms with Crippen LogP contribution in [0.4, 0.5) is 5.82 Å². The zero-order chi connectivity index (χ0) is 19.3. The number of aromatic nitrogens is 1. The molecule has 28 heavy (non-hydrogen) atoms. The van der Waals surface area contributed by atoms with Gasteiger partial charge in [-0.2, -0.15) is 0 Å². The summed E-state index contributed by atoms with van der Waals surface area (Å²) in [4.78, 5) is 16.2. The molecule has 2 aromatic rings. The third-order valence-corrected chi connectivity index (χ3v) is 5.59. The van der Waals surface area contributed by atoms with Crippen molar-refractivity contribution in [1.82, 2.24) is 4.98 Å². The number of hydrogen-bond acceptors (Lipinski definition) is 5. The summed E-state index contributed by atoms with van der Waals surface area (Å²) in [6.07, 6.45) is 4.87. The number of hydrogen-bond donors (Lipinski definition) is 1. The molecule has 0 saturated heterocycles. The van der Waals surface area contributed by atoms with Crippen LogP contribution in [0.15, 0.2) is 36.4 Å². The molecule has 1 saturated carbocycles. The average molecular weight is 380 g/mol. The molecule has 1 fully saturated rings. The van der Waals surface area contributed by atoms with Crippen LogP contribution < -0.4 is 10.1 Å². The Labute approximate surface area is 166 Å². The maximum atomic E-state index is 11.5. The van der Waals surface area contributed by atoms with Crippen LogP contribution in [0.25, 0.3) is 0 Å². The molecule has 0 bridgehead atoms. The van der Waals surface area contributed by atoms with Crippen molar-refractivity contribution in [1.29, 1.82) is 0 Å². The maximum absolute atomic E-state index is 11.5. The smallest absolute Gasteiger partial charge is 0.305 e. The SMILES string of the molecule is CCOC(=O)CCC1CC1c1ccc(OCc2ccc3c(n2)NCCC3)cc1. The quantitative estimate of drug-likeness (QED) is 0.685. The van der Waals surface area contributed by atoms with E-state index in [1.165, 1.54) is 17.5 Å². The van der Waals surface area contributed by atoms with Crippen molar-refractivity contribution in [2.24, 2.45) is 5.92 Å². The van der Waals surface area contributed by atoms with Gasteiger partial charge in [-0.3, -0.25) is 4.79 Å². The molecule has 0 radical (unpaired) electrons. The third kappa shape index (κ3) is 4.64. The fourth-order valence-electron chi connectivity index (χ4n) is 3.93. The standard InChI is InChI=1S/C23H28N2O3/c1-2-27-22(26)12-8-18-14-21(18)16-6-10-20(11-7-16)28-15-19-9-5-17-4-3-13-24-23(17)25-19/h5-7,9-11,18,21H,2-4,8,12-15H2,1H3,(H,24,25). The number of anilines is 1. The molecule has 5 heteroatoms. The molecule has 2 unspecified atom stereocenters. The van der Waals surface area contributed by atoms with Gasteiger partial charge in [-0.25, -0.2) is 4.98 Å². The molecule has 2 atom stereocenters. The van der Waals surface area contributed by atoms with Gasteiger partial charge in [0.05, 0.1) is 12.3 Å². The molecular weight excluding hydrogens is 352 g/mol. The Bertz CT molecular complexity index is 819. The Balaban J connectivity index is 1.26. The number of pyridine rings is 1. The molecule has 148 valence electrons. The minimum Gasteiger partial charge on any atom is -0.487 e. The van der Waals surface area contributed by atoms with E-state index in [1.54, 1.807) is 0 Å². The van der Waals surface area contributed by atoms with Crippen molar-refractivity contribution in [2.45, 2.75) is 51.6 Å². The summed E-state index contributed by atoms with van der Waals surface area (Å²) in [6, 6.07) is 12.6. The lowest BCUT2D eigenvalue weighted by Gasteiger charge is -2.17. The van der Waals surface area contributed by atoms with E-state index in [9.17, 15) is 4.79 Å². The van der Waals surface area contributed by atoms with Crippen molar-refractivity contribution in [2.75, 3.05) is 18.5 Å². The van der Waals surface area contributed by atoms with Crippen LogP contribution in [0, 0.1) is 5.92 Å². The number of carbonyl (C=O) groups is 1. The molecule has 2 heterocycles. The summed E-state index contributed by atoms with van der Waals surface area (Å²) in [7, 11) is 0. The fourth-order valence-corrected chi connectivity index (χ4v) is 3.93. The topological polar surface area (TPSA) is 60.5 Å². The third-order valence-electron chi connectivity index (χ3n) is 5.59. The van der Waals surface area contributed by atoms with Crippen LogP contribution >= 0.6 is 0 Å². The maximum Gasteiger partial charge on any atom is 0.305 e. The predicted octanol–water partition coefficient (Wildman–Crippen LogP) is 4.47. The minimum atomic E-state index is -0.0807. The van der Waals surface area contributed by atoms with E-state index in [0.717, 1.165) is 43.1 Å². The second-order valence-corrected chi connectivity index (χ2v) is 7.64. The number of esters is 1. The van der Waals surface area contributed by atoms with Crippen LogP contribution in [0.5, 0.6) is 5.75 Å². The van der Waals surface area contributed by atoms with Gasteiger partial charge in [0.15, 0.2) is 0 Å². The van der Waals surface area contributed by atoms with E-state index in [2.05, 4.69) is 34.6 Å². The van der Waals surface area contributed by atoms with E-state index >= 15 is 0 Å². The largest absolute Gasteiger partial charge is 0.487 e. The summed E-state index contributed by atoms with van der Waals surface area (Å²) in [5.41, 5.74) is 3.57. The molecular formula is C23H28N2O3. The Hall–Kier alpha value is -2.56. The van der Waals surface area contributed by atoms with Crippen molar-refractivity contribution in [3.05, 3.63) is 53.2 Å². The van der Waals surface area contributed by atoms with Gasteiger partial charge in [0.1, 0.15) is 18.2 Å². The van der Waals surface area contributed by atoms with E-state index in [-0.39, 0.29) is 5.97 Å². The minimum absolute atomic E-state index is 0.0807. The summed E-state index contributed by atoms with van der Waals surface area (Å²) in [5.74, 6) is 2.95. The van der Waals surface area contributed by atoms with Gasteiger partial charge in [-0.05, 0) is 73.8 Å². The number of aryl methyl sites for hydroxylation is 1. The van der Waals surface area contributed by atoms with Gasteiger partial charge in [0.2, 0.25) is 0 Å². The zero-order valence-electron chi connectivity index (χ0n) is 16.4. The van der Waals surface area contributed by atoms with Crippen molar-refractivity contribution < 1.29 is 14.3 Å². The number of carbonyl (C=O) groups excluding carboxylic acids is 1. The lowest BCUT2D eigenvalue weighted by Crippen LogP contribution is -2.14. The molecule has 1 aliphatic carbocycles. The van der Waals surface area contributed by atoms with Gasteiger partial charge >= 0.3 is 5.97 Å². The first-order valence-corrected chi connectivity index (χ1v) is 10.3. The molecule has 0 spiro atoms. The number of nitrogens with zero attached hydrogens (tertiary/aromatic N) is 1. The van der Waals surface area contributed by atoms with Crippen molar-refractivity contribution in [3.8, 4) is 5.75 Å². The number of rotatable bonds is 8. The molecule has 0 amide bonds. The zero-order valence-corrected chi connectivity index (χ0v) is 16.4. The number of nitrogens with one attached hydrogen (secondary N) is 1. The molecule has 1 aromatic heterocycles. The highest BCUT2D eigenvalue weighted by molar-refractivity contribution is 5.69. The first-order valence-electron chi connectivity index (χ1n) is 10.3. The summed E-state index contributed by atoms with van der Waals surface area (Å²) in [5, 5.41) is 3.36. The Morgan fingerprint density at radius 1 is 1.21 bits per heavy atom. The van der Waals surface area contributed by atoms with Gasteiger partial charge < -0.3 is 14.8 Å². The van der Waals surface area contributed by atoms with Crippen LogP contribution in [0.3, 0.4) is 0 Å². The van der Waals surface area contributed by atoms with Crippen LogP contribution in [-0.4, -0.2) is 24.1 Å². The lowest BCUT2D eigenvalue weighted by molar-refractivity contribution is -0.143. The second kappa shape index (κ2) is 8.63. The van der Waals surface area contributed by atoms with Crippen LogP contribution in [-0.2, 0) is 22.6 Å². The molecule has 4 rings (SSSR count). The van der Waals surface area contributed by atoms with Gasteiger partial charge in [0, 0.05) is 13.0 Å². The van der Waals surface area contributed by atoms with Gasteiger partial charge in [-0.1, -0.05) is 18.2 Å². The average Bonchev–Trinajstić information content (AvgIpc) is 3.51. The Kier molecular flexibility index (Phi) is 5.79. The normalized spacial score (nSPS) is 20.0. The molecule has 5 nitrogen and oxygen atoms in total. The Morgan fingerprint density at radius 2 is 2.07 bits per heavy atom. The fraction of sp³-hybridized carbons (Fsp3) is 0.478. The Morgan fingerprint density at radius 3 is 2.89 bits per heavy atom. The molecule has 1 aromatic carbocycles. The van der Waals surface area contributed by atoms with Crippen LogP contribution in [0.2, 0.25) is 0 Å². The number of fused-ring (bicyclic) bond motifs is 1. The number of ether oxygens (including phenoxy) is 2. The highest BCUT2D eigenvalue weighted by Gasteiger charge is 2.38. The second-order valence-electron chi connectivity index (χ2n) is 7.64. The van der Waals surface area contributed by atoms with E-state index in [0.29, 0.717) is 31.5 Å². The first kappa shape index (κ1) is 18.8. The van der Waals surface area contributed by atoms with Crippen LogP contribution in [0.1, 0.15) is 55.3 Å². The lowest BCUT2D eigenvalue weighted by atomic mass is 10.1. The van der Waals surface area contributed by atoms with E-state index < -0.39 is 0 Å². The van der Waals surface area contributed by atoms with E-state index in [4.69, 9.17) is 9.47 Å². The molecule has 1 aliphatic heterocycles. The molecule has 2 aliphatic rings. The van der Waals surface area contributed by atoms with Crippen molar-refractivity contribution >= 4 is 11.8 Å². The highest BCUT2D eigenvalue weighted by atomic mass is 16.5. The van der Waals surface area contributed by atoms with Crippen molar-refractivity contribution in [3.63, 3.8) is 0 Å². The number of benzene rings is 1. The monoisotopic (exact) mass is 380 g/mol. The van der Waals surface area contributed by atoms with E-state index in [1.807, 2.05) is 19.1 Å².